The van der Waals surface area contributed by atoms with Crippen LogP contribution in [0.5, 0.6) is 0 Å². The molecule has 1 atom stereocenters. The number of halogens is 1. The largest absolute Gasteiger partial charge is 0.335 e. The summed E-state index contributed by atoms with van der Waals surface area (Å²) in [6, 6.07) is 4.32. The second kappa shape index (κ2) is 10.4. The molecule has 1 unspecified atom stereocenters. The molecule has 1 saturated heterocycles. The third-order valence-corrected chi connectivity index (χ3v) is 7.02. The molecule has 2 heterocycles. The molecule has 9 heteroatoms. The van der Waals surface area contributed by atoms with Crippen molar-refractivity contribution < 1.29 is 18.8 Å². The molecule has 1 aromatic rings. The van der Waals surface area contributed by atoms with Crippen molar-refractivity contribution in [2.24, 2.45) is 10.2 Å². The van der Waals surface area contributed by atoms with Crippen LogP contribution in [0.1, 0.15) is 55.5 Å². The Hall–Kier alpha value is -3.10. The molecule has 34 heavy (non-hydrogen) atoms. The average Bonchev–Trinajstić information content (AvgIpc) is 2.87. The van der Waals surface area contributed by atoms with Gasteiger partial charge in [-0.2, -0.15) is 5.11 Å². The number of nitrogens with zero attached hydrogens (tertiary/aromatic N) is 5. The molecular weight excluding hydrogens is 437 g/mol. The van der Waals surface area contributed by atoms with Crippen LogP contribution in [0.4, 0.5) is 9.18 Å². The predicted molar refractivity (Wildman–Crippen MR) is 125 cm³/mol. The first-order chi connectivity index (χ1) is 16.4. The predicted octanol–water partition coefficient (Wildman–Crippen LogP) is 3.82. The van der Waals surface area contributed by atoms with E-state index in [4.69, 9.17) is 0 Å². The van der Waals surface area contributed by atoms with Crippen LogP contribution in [0.15, 0.2) is 39.6 Å². The van der Waals surface area contributed by atoms with Crippen LogP contribution >= 0.6 is 0 Å². The Bertz CT molecular complexity index is 1030. The van der Waals surface area contributed by atoms with E-state index in [1.54, 1.807) is 26.8 Å². The Morgan fingerprint density at radius 3 is 2.44 bits per heavy atom. The molecule has 0 bridgehead atoms. The van der Waals surface area contributed by atoms with Crippen molar-refractivity contribution in [1.29, 1.82) is 0 Å². The normalized spacial score (nSPS) is 20.4. The van der Waals surface area contributed by atoms with Gasteiger partial charge >= 0.3 is 6.03 Å². The summed E-state index contributed by atoms with van der Waals surface area (Å²) in [5.41, 5.74) is 2.64. The highest BCUT2D eigenvalue weighted by atomic mass is 19.1. The van der Waals surface area contributed by atoms with E-state index in [0.717, 1.165) is 42.4 Å². The summed E-state index contributed by atoms with van der Waals surface area (Å²) in [5.74, 6) is -1.17. The molecule has 4 rings (SSSR count). The molecule has 0 N–H and O–H groups in total. The number of carbonyl (C=O) groups excluding carboxylic acids is 3. The molecule has 0 aromatic heterocycles. The van der Waals surface area contributed by atoms with Gasteiger partial charge < -0.3 is 14.7 Å². The topological polar surface area (TPSA) is 85.7 Å². The molecule has 2 aliphatic heterocycles. The Labute approximate surface area is 199 Å². The van der Waals surface area contributed by atoms with Crippen LogP contribution < -0.4 is 0 Å². The first-order valence-electron chi connectivity index (χ1n) is 12.2. The van der Waals surface area contributed by atoms with Crippen LogP contribution in [0, 0.1) is 5.82 Å². The maximum Gasteiger partial charge on any atom is 0.320 e. The van der Waals surface area contributed by atoms with E-state index in [0.29, 0.717) is 45.7 Å². The lowest BCUT2D eigenvalue weighted by atomic mass is 9.84. The maximum absolute atomic E-state index is 14.7. The lowest BCUT2D eigenvalue weighted by molar-refractivity contribution is -0.115. The van der Waals surface area contributed by atoms with E-state index < -0.39 is 5.82 Å². The van der Waals surface area contributed by atoms with Gasteiger partial charge in [0.1, 0.15) is 5.82 Å². The highest BCUT2D eigenvalue weighted by Crippen LogP contribution is 2.33. The molecule has 182 valence electrons. The molecule has 0 radical (unpaired) electrons. The fourth-order valence-corrected chi connectivity index (χ4v) is 5.01. The minimum Gasteiger partial charge on any atom is -0.335 e. The van der Waals surface area contributed by atoms with Crippen LogP contribution in [-0.4, -0.2) is 77.9 Å². The van der Waals surface area contributed by atoms with Crippen molar-refractivity contribution >= 4 is 17.8 Å². The third kappa shape index (κ3) is 4.88. The molecule has 0 saturated carbocycles. The summed E-state index contributed by atoms with van der Waals surface area (Å²) in [4.78, 5) is 42.9. The number of carbonyl (C=O) groups is 3. The second-order valence-corrected chi connectivity index (χ2v) is 9.00. The molecule has 4 amide bonds. The number of urea groups is 1. The first kappa shape index (κ1) is 24.0. The zero-order chi connectivity index (χ0) is 24.2. The highest BCUT2D eigenvalue weighted by molar-refractivity contribution is 5.96. The highest BCUT2D eigenvalue weighted by Gasteiger charge is 2.30. The molecular formula is C25H32FN5O3. The minimum atomic E-state index is -0.562. The first-order valence-corrected chi connectivity index (χ1v) is 12.2. The zero-order valence-electron chi connectivity index (χ0n) is 19.9. The van der Waals surface area contributed by atoms with Crippen molar-refractivity contribution in [1.82, 2.24) is 14.7 Å². The molecule has 8 nitrogen and oxygen atoms in total. The number of benzene rings is 1. The van der Waals surface area contributed by atoms with Gasteiger partial charge in [0.05, 0.1) is 11.6 Å². The van der Waals surface area contributed by atoms with Gasteiger partial charge in [0.25, 0.3) is 11.8 Å². The summed E-state index contributed by atoms with van der Waals surface area (Å²) in [6.07, 6.45) is 4.04. The summed E-state index contributed by atoms with van der Waals surface area (Å²) in [5, 5.41) is 8.05. The van der Waals surface area contributed by atoms with E-state index in [2.05, 4.69) is 10.2 Å². The standard InChI is InChI=1S/C25H32FN5O3/c1-3-29(4-2)25(34)31-13-11-30(12-14-31)24(33)20-15-17(9-10-21(20)26)16-22-18-7-5-6-8-19(18)23(32)28-27-22/h9-10,15,22H,3-8,11-14,16H2,1-2H3. The van der Waals surface area contributed by atoms with E-state index in [1.165, 1.54) is 6.07 Å². The zero-order valence-corrected chi connectivity index (χ0v) is 19.9. The fraction of sp³-hybridized carbons (Fsp3) is 0.560. The van der Waals surface area contributed by atoms with E-state index in [-0.39, 0.29) is 29.5 Å². The maximum atomic E-state index is 14.7. The quantitative estimate of drug-likeness (QED) is 0.657. The van der Waals surface area contributed by atoms with Crippen LogP contribution in [0.3, 0.4) is 0 Å². The van der Waals surface area contributed by atoms with Crippen molar-refractivity contribution in [2.75, 3.05) is 39.3 Å². The van der Waals surface area contributed by atoms with Gasteiger partial charge in [0.15, 0.2) is 0 Å². The number of hydrogen-bond donors (Lipinski definition) is 0. The smallest absolute Gasteiger partial charge is 0.320 e. The molecule has 1 aliphatic carbocycles. The Morgan fingerprint density at radius 1 is 1.06 bits per heavy atom. The van der Waals surface area contributed by atoms with Crippen molar-refractivity contribution in [2.45, 2.75) is 52.0 Å². The number of hydrogen-bond acceptors (Lipinski definition) is 4. The van der Waals surface area contributed by atoms with Gasteiger partial charge in [-0.3, -0.25) is 9.59 Å². The van der Waals surface area contributed by atoms with Gasteiger partial charge in [-0.25, -0.2) is 9.18 Å². The molecule has 0 spiro atoms. The number of piperazine rings is 1. The Morgan fingerprint density at radius 2 is 1.74 bits per heavy atom. The molecule has 3 aliphatic rings. The van der Waals surface area contributed by atoms with Crippen molar-refractivity contribution in [3.8, 4) is 0 Å². The van der Waals surface area contributed by atoms with E-state index in [1.807, 2.05) is 13.8 Å². The Kier molecular flexibility index (Phi) is 7.38. The molecule has 1 aromatic carbocycles. The summed E-state index contributed by atoms with van der Waals surface area (Å²) < 4.78 is 14.7. The number of azo groups is 1. The Balaban J connectivity index is 1.44. The van der Waals surface area contributed by atoms with E-state index >= 15 is 0 Å². The SMILES string of the molecule is CCN(CC)C(=O)N1CCN(C(=O)c2cc(CC3N=NC(=O)C4=C3CCCC4)ccc2F)CC1. The minimum absolute atomic E-state index is 0.0261. The monoisotopic (exact) mass is 469 g/mol. The number of rotatable bonds is 5. The van der Waals surface area contributed by atoms with Gasteiger partial charge in [-0.05, 0) is 62.8 Å². The fourth-order valence-electron chi connectivity index (χ4n) is 5.01. The number of amides is 4. The summed E-state index contributed by atoms with van der Waals surface area (Å²) in [7, 11) is 0. The van der Waals surface area contributed by atoms with Gasteiger partial charge in [-0.1, -0.05) is 6.07 Å². The lowest BCUT2D eigenvalue weighted by Crippen LogP contribution is -2.54. The van der Waals surface area contributed by atoms with Crippen LogP contribution in [0.2, 0.25) is 0 Å². The van der Waals surface area contributed by atoms with Crippen LogP contribution in [-0.2, 0) is 11.2 Å². The lowest BCUT2D eigenvalue weighted by Gasteiger charge is -2.37. The average molecular weight is 470 g/mol. The summed E-state index contributed by atoms with van der Waals surface area (Å²) in [6.45, 7) is 6.74. The van der Waals surface area contributed by atoms with Gasteiger partial charge in [0.2, 0.25) is 0 Å². The van der Waals surface area contributed by atoms with Crippen LogP contribution in [0.25, 0.3) is 0 Å². The van der Waals surface area contributed by atoms with Gasteiger partial charge in [0, 0.05) is 51.3 Å². The van der Waals surface area contributed by atoms with E-state index in [9.17, 15) is 18.8 Å². The third-order valence-electron chi connectivity index (χ3n) is 7.02. The molecule has 1 fully saturated rings. The summed E-state index contributed by atoms with van der Waals surface area (Å²) >= 11 is 0. The van der Waals surface area contributed by atoms with Crippen molar-refractivity contribution in [3.63, 3.8) is 0 Å². The van der Waals surface area contributed by atoms with Gasteiger partial charge in [-0.15, -0.1) is 5.11 Å². The second-order valence-electron chi connectivity index (χ2n) is 9.00. The van der Waals surface area contributed by atoms with Crippen molar-refractivity contribution in [3.05, 3.63) is 46.3 Å².